The SMILES string of the molecule is CC(C)(C)c1ccc(C(=O)c2cc(C(=O)c3ccc(C(C)(C)C)cc3)c3cc2sc2cccc(c2)sc2cc(sc4cccc(c4)sc4cc(sc5cccc(c5)s3)c(C(=O)c3ccc(C(C)(C)C)cc3)cc4C(=O)c3ccc(C(C)(C)C)cc3)c(C(=O)c3ccc(C(C)(C)C)cc3)cc2C(=O)c2ccc(C(C)(C)C)cc2)cc1. The first-order valence-electron chi connectivity index (χ1n) is 38.5. The van der Waals surface area contributed by atoms with Crippen LogP contribution in [0, 0.1) is 0 Å². The van der Waals surface area contributed by atoms with E-state index in [-0.39, 0.29) is 67.2 Å². The normalized spacial score (nSPS) is 12.2. The van der Waals surface area contributed by atoms with Crippen molar-refractivity contribution in [1.82, 2.24) is 0 Å². The fourth-order valence-corrected chi connectivity index (χ4v) is 20.1. The number of hydrogen-bond acceptors (Lipinski definition) is 12. The van der Waals surface area contributed by atoms with Crippen LogP contribution in [0.5, 0.6) is 0 Å². The maximum Gasteiger partial charge on any atom is 0.194 e. The van der Waals surface area contributed by atoms with Crippen molar-refractivity contribution in [2.24, 2.45) is 0 Å². The van der Waals surface area contributed by atoms with Crippen molar-refractivity contribution in [3.63, 3.8) is 0 Å². The first-order chi connectivity index (χ1) is 53.7. The molecule has 6 nitrogen and oxygen atoms in total. The summed E-state index contributed by atoms with van der Waals surface area (Å²) in [5.41, 5.74) is 10.2. The van der Waals surface area contributed by atoms with E-state index in [0.29, 0.717) is 95.0 Å². The monoisotopic (exact) mass is 1610 g/mol. The van der Waals surface area contributed by atoms with Crippen molar-refractivity contribution in [1.29, 1.82) is 0 Å². The third-order valence-corrected chi connectivity index (χ3v) is 26.9. The molecular formula is C102H96O6S6. The van der Waals surface area contributed by atoms with Crippen molar-refractivity contribution in [3.8, 4) is 0 Å². The zero-order chi connectivity index (χ0) is 81.7. The summed E-state index contributed by atoms with van der Waals surface area (Å²) in [6, 6.07) is 81.9. The van der Waals surface area contributed by atoms with Gasteiger partial charge in [-0.15, -0.1) is 68.0 Å². The molecule has 0 saturated heterocycles. The largest absolute Gasteiger partial charge is 0.289 e. The molecule has 0 atom stereocenters. The van der Waals surface area contributed by atoms with Gasteiger partial charge in [-0.05, 0) is 157 Å². The molecular weight excluding hydrogens is 1510 g/mol. The summed E-state index contributed by atoms with van der Waals surface area (Å²) in [5.74, 6) is -1.52. The Labute approximate surface area is 694 Å². The van der Waals surface area contributed by atoms with E-state index in [2.05, 4.69) is 143 Å². The Morgan fingerprint density at radius 2 is 0.307 bits per heavy atom. The highest BCUT2D eigenvalue weighted by Crippen LogP contribution is 2.40. The van der Waals surface area contributed by atoms with E-state index in [1.807, 2.05) is 218 Å². The van der Waals surface area contributed by atoms with Crippen molar-refractivity contribution < 1.29 is 28.8 Å². The quantitative estimate of drug-likeness (QED) is 0.113. The molecule has 0 saturated carbocycles. The van der Waals surface area contributed by atoms with E-state index in [1.54, 1.807) is 18.2 Å². The summed E-state index contributed by atoms with van der Waals surface area (Å²) in [4.78, 5) is 94.4. The minimum Gasteiger partial charge on any atom is -0.289 e. The highest BCUT2D eigenvalue weighted by molar-refractivity contribution is 7.28. The van der Waals surface area contributed by atoms with E-state index < -0.39 is 0 Å². The molecule has 13 rings (SSSR count). The fourth-order valence-electron chi connectivity index (χ4n) is 13.5. The lowest BCUT2D eigenvalue weighted by Gasteiger charge is -2.19. The molecule has 0 spiro atoms. The lowest BCUT2D eigenvalue weighted by Crippen LogP contribution is -2.12. The molecule has 0 fully saturated rings. The van der Waals surface area contributed by atoms with Crippen LogP contribution in [0.2, 0.25) is 0 Å². The standard InChI is InChI=1S/C102H96O6S6/c1-97(2,3)67-40-28-61(29-41-67)91(103)79-55-80(92(104)62-30-42-68(43-31-62)98(4,5)6)86-58-85(79)109-73-22-19-23-74(52-73)111-87-59-88(82(94(106)64-34-46-70(47-35-64)100(10,11)12)56-81(87)93(105)63-32-44-69(45-33-63)99(7,8)9)113-77-26-21-27-78(54-77)114-90-60-89(112-76-25-20-24-75(53-76)110-86)83(95(107)65-36-48-71(49-37-65)101(13,14)15)57-84(90)96(108)66-38-50-72(51-39-66)102(16,17)18/h19-60H,1-18H3. The molecule has 0 N–H and O–H groups in total. The van der Waals surface area contributed by atoms with Crippen molar-refractivity contribution >= 4 is 159 Å². The molecule has 0 aliphatic heterocycles. The van der Waals surface area contributed by atoms with Crippen LogP contribution in [0.4, 0.5) is 0 Å². The summed E-state index contributed by atoms with van der Waals surface area (Å²) in [6.45, 7) is 38.5. The summed E-state index contributed by atoms with van der Waals surface area (Å²) in [6.07, 6.45) is 0. The molecule has 0 radical (unpaired) electrons. The Hall–Kier alpha value is -10.0. The number of hydrogen-bond donors (Lipinski definition) is 0. The predicted molar refractivity (Wildman–Crippen MR) is 490 cm³/mol. The zero-order valence-electron chi connectivity index (χ0n) is 68.1. The summed E-state index contributed by atoms with van der Waals surface area (Å²) in [5, 5.41) is 0. The average molecular weight is 1610 g/mol. The van der Waals surface area contributed by atoms with E-state index in [1.165, 1.54) is 68.0 Å². The molecule has 12 aromatic carbocycles. The lowest BCUT2D eigenvalue weighted by atomic mass is 9.86. The third kappa shape index (κ3) is 18.7. The van der Waals surface area contributed by atoms with Gasteiger partial charge in [0.25, 0.3) is 0 Å². The van der Waals surface area contributed by atoms with Crippen molar-refractivity contribution in [2.75, 3.05) is 0 Å². The number of carbonyl (C=O) groups is 6. The van der Waals surface area contributed by atoms with Crippen LogP contribution in [0.3, 0.4) is 0 Å². The van der Waals surface area contributed by atoms with E-state index in [0.717, 1.165) is 61.6 Å². The van der Waals surface area contributed by atoms with Crippen LogP contribution in [-0.4, -0.2) is 34.7 Å². The van der Waals surface area contributed by atoms with Gasteiger partial charge in [0.05, 0.1) is 0 Å². The summed E-state index contributed by atoms with van der Waals surface area (Å²) in [7, 11) is 0. The van der Waals surface area contributed by atoms with Gasteiger partial charge in [-0.1, -0.05) is 288 Å². The van der Waals surface area contributed by atoms with Gasteiger partial charge in [0.1, 0.15) is 0 Å². The second kappa shape index (κ2) is 32.3. The van der Waals surface area contributed by atoms with Crippen LogP contribution in [0.15, 0.2) is 255 Å². The first kappa shape index (κ1) is 82.0. The molecule has 1 aromatic heterocycles. The molecule has 1 heterocycles. The average Bonchev–Trinajstić information content (AvgIpc) is 0.778. The molecule has 12 heteroatoms. The second-order valence-electron chi connectivity index (χ2n) is 35.5. The van der Waals surface area contributed by atoms with Gasteiger partial charge in [0, 0.05) is 123 Å². The molecule has 114 heavy (non-hydrogen) atoms. The zero-order valence-corrected chi connectivity index (χ0v) is 73.0. The van der Waals surface area contributed by atoms with Crippen LogP contribution in [0.1, 0.15) is 254 Å². The third-order valence-electron chi connectivity index (χ3n) is 20.6. The molecule has 0 amide bonds. The highest BCUT2D eigenvalue weighted by Gasteiger charge is 2.27. The fraction of sp³-hybridized carbons (Fsp3) is 0.235. The van der Waals surface area contributed by atoms with Crippen LogP contribution < -0.4 is 0 Å². The van der Waals surface area contributed by atoms with Gasteiger partial charge >= 0.3 is 0 Å². The highest BCUT2D eigenvalue weighted by atomic mass is 32.1. The number of ketones is 6. The molecule has 0 aliphatic carbocycles. The maximum absolute atomic E-state index is 15.7. The van der Waals surface area contributed by atoms with E-state index in [9.17, 15) is 0 Å². The topological polar surface area (TPSA) is 102 Å². The van der Waals surface area contributed by atoms with Crippen LogP contribution in [0.25, 0.3) is 56.4 Å². The Kier molecular flexibility index (Phi) is 23.3. The Bertz CT molecular complexity index is 5310. The number of carbonyl (C=O) groups excluding carboxylic acids is 6. The van der Waals surface area contributed by atoms with Gasteiger partial charge in [-0.3, -0.25) is 28.8 Å². The lowest BCUT2D eigenvalue weighted by molar-refractivity contribution is 0.102. The first-order valence-corrected chi connectivity index (χ1v) is 43.4. The minimum atomic E-state index is -0.253. The van der Waals surface area contributed by atoms with E-state index >= 15 is 28.8 Å². The Morgan fingerprint density at radius 1 is 0.175 bits per heavy atom. The van der Waals surface area contributed by atoms with Gasteiger partial charge in [-0.2, -0.15) is 0 Å². The molecule has 12 bridgehead atoms. The molecule has 576 valence electrons. The van der Waals surface area contributed by atoms with Crippen molar-refractivity contribution in [3.05, 3.63) is 355 Å². The molecule has 13 aromatic rings. The smallest absolute Gasteiger partial charge is 0.194 e. The number of benzene rings is 12. The molecule has 0 aliphatic rings. The van der Waals surface area contributed by atoms with Crippen molar-refractivity contribution in [2.45, 2.75) is 157 Å². The Morgan fingerprint density at radius 3 is 0.430 bits per heavy atom. The second-order valence-corrected chi connectivity index (χ2v) is 42.2. The summed E-state index contributed by atoms with van der Waals surface area (Å²) < 4.78 is 8.42. The maximum atomic E-state index is 15.7. The van der Waals surface area contributed by atoms with E-state index in [4.69, 9.17) is 0 Å². The van der Waals surface area contributed by atoms with Crippen LogP contribution in [-0.2, 0) is 32.5 Å². The number of rotatable bonds is 12. The summed E-state index contributed by atoms with van der Waals surface area (Å²) >= 11 is 8.51. The molecule has 0 unspecified atom stereocenters. The van der Waals surface area contributed by atoms with Gasteiger partial charge in [-0.25, -0.2) is 0 Å². The number of fused-ring (bicyclic) bond motifs is 12. The Balaban J connectivity index is 1.19. The van der Waals surface area contributed by atoms with Crippen LogP contribution >= 0.6 is 68.0 Å². The van der Waals surface area contributed by atoms with Gasteiger partial charge < -0.3 is 0 Å². The minimum absolute atomic E-state index is 0.182. The van der Waals surface area contributed by atoms with Gasteiger partial charge in [0.15, 0.2) is 34.7 Å². The van der Waals surface area contributed by atoms with Gasteiger partial charge in [0.2, 0.25) is 0 Å². The predicted octanol–water partition coefficient (Wildman–Crippen LogP) is 29.2.